The van der Waals surface area contributed by atoms with Crippen molar-refractivity contribution in [3.05, 3.63) is 89.5 Å². The van der Waals surface area contributed by atoms with Crippen LogP contribution in [0.15, 0.2) is 72.8 Å². The van der Waals surface area contributed by atoms with Gasteiger partial charge in [-0.15, -0.1) is 0 Å². The van der Waals surface area contributed by atoms with Gasteiger partial charge >= 0.3 is 12.1 Å². The minimum atomic E-state index is -1.60. The quantitative estimate of drug-likeness (QED) is 0.449. The smallest absolute Gasteiger partial charge is 0.411 e. The van der Waals surface area contributed by atoms with E-state index in [1.165, 1.54) is 26.2 Å². The van der Waals surface area contributed by atoms with E-state index in [4.69, 9.17) is 9.47 Å². The predicted molar refractivity (Wildman–Crippen MR) is 131 cm³/mol. The monoisotopic (exact) mass is 474 g/mol. The van der Waals surface area contributed by atoms with Gasteiger partial charge in [0, 0.05) is 24.3 Å². The number of benzene rings is 3. The first-order chi connectivity index (χ1) is 16.8. The Labute approximate surface area is 202 Å². The minimum absolute atomic E-state index is 0.0697. The fourth-order valence-corrected chi connectivity index (χ4v) is 4.25. The number of amides is 2. The lowest BCUT2D eigenvalue weighted by atomic mass is 9.98. The van der Waals surface area contributed by atoms with Crippen molar-refractivity contribution in [3.63, 3.8) is 0 Å². The molecule has 3 N–H and O–H groups in total. The first-order valence-electron chi connectivity index (χ1n) is 11.1. The van der Waals surface area contributed by atoms with Gasteiger partial charge < -0.3 is 19.9 Å². The molecule has 1 unspecified atom stereocenters. The van der Waals surface area contributed by atoms with Crippen LogP contribution in [0.3, 0.4) is 0 Å². The Morgan fingerprint density at radius 3 is 2.17 bits per heavy atom. The van der Waals surface area contributed by atoms with Crippen molar-refractivity contribution >= 4 is 23.7 Å². The molecule has 0 saturated heterocycles. The van der Waals surface area contributed by atoms with Crippen molar-refractivity contribution in [1.29, 1.82) is 0 Å². The molecule has 8 heteroatoms. The number of carboxylic acids is 1. The van der Waals surface area contributed by atoms with Crippen molar-refractivity contribution in [2.45, 2.75) is 18.4 Å². The van der Waals surface area contributed by atoms with Crippen LogP contribution in [0.4, 0.5) is 10.5 Å². The third kappa shape index (κ3) is 5.02. The summed E-state index contributed by atoms with van der Waals surface area (Å²) in [5.41, 5.74) is 3.43. The molecular weight excluding hydrogens is 448 g/mol. The molecule has 1 aliphatic rings. The second-order valence-electron chi connectivity index (χ2n) is 8.56. The van der Waals surface area contributed by atoms with Crippen LogP contribution in [0, 0.1) is 0 Å². The van der Waals surface area contributed by atoms with Crippen LogP contribution in [-0.4, -0.2) is 48.9 Å². The molecule has 35 heavy (non-hydrogen) atoms. The summed E-state index contributed by atoms with van der Waals surface area (Å²) in [5.74, 6) is -1.90. The third-order valence-electron chi connectivity index (χ3n) is 6.01. The number of carbonyl (C=O) groups excluding carboxylic acids is 2. The van der Waals surface area contributed by atoms with E-state index in [-0.39, 0.29) is 24.7 Å². The Balaban J connectivity index is 1.41. The molecule has 2 amide bonds. The summed E-state index contributed by atoms with van der Waals surface area (Å²) in [5, 5.41) is 14.5. The molecule has 0 saturated carbocycles. The van der Waals surface area contributed by atoms with Gasteiger partial charge in [0.2, 0.25) is 0 Å². The number of fused-ring (bicyclic) bond motifs is 3. The molecule has 1 atom stereocenters. The van der Waals surface area contributed by atoms with Crippen LogP contribution in [0.2, 0.25) is 0 Å². The maximum atomic E-state index is 12.6. The van der Waals surface area contributed by atoms with E-state index in [9.17, 15) is 19.5 Å². The molecule has 0 heterocycles. The summed E-state index contributed by atoms with van der Waals surface area (Å²) < 4.78 is 10.5. The predicted octanol–water partition coefficient (Wildman–Crippen LogP) is 4.27. The SMILES string of the molecule is COCC(C)(NC(=O)c1cccc(NC(=O)OCC2c3ccccc3-c3ccccc32)c1)C(=O)O. The maximum Gasteiger partial charge on any atom is 0.411 e. The maximum absolute atomic E-state index is 12.6. The van der Waals surface area contributed by atoms with Crippen molar-refractivity contribution in [2.24, 2.45) is 0 Å². The van der Waals surface area contributed by atoms with Gasteiger partial charge in [-0.1, -0.05) is 54.6 Å². The van der Waals surface area contributed by atoms with Gasteiger partial charge in [0.1, 0.15) is 6.61 Å². The van der Waals surface area contributed by atoms with Crippen molar-refractivity contribution in [3.8, 4) is 11.1 Å². The van der Waals surface area contributed by atoms with Gasteiger partial charge in [0.25, 0.3) is 5.91 Å². The van der Waals surface area contributed by atoms with Crippen LogP contribution in [0.25, 0.3) is 11.1 Å². The number of hydrogen-bond donors (Lipinski definition) is 3. The molecule has 0 radical (unpaired) electrons. The average molecular weight is 475 g/mol. The minimum Gasteiger partial charge on any atom is -0.479 e. The van der Waals surface area contributed by atoms with Gasteiger partial charge in [-0.3, -0.25) is 10.1 Å². The van der Waals surface area contributed by atoms with Crippen LogP contribution >= 0.6 is 0 Å². The van der Waals surface area contributed by atoms with E-state index in [1.807, 2.05) is 36.4 Å². The Hall–Kier alpha value is -4.17. The first-order valence-corrected chi connectivity index (χ1v) is 11.1. The highest BCUT2D eigenvalue weighted by Crippen LogP contribution is 2.44. The number of hydrogen-bond acceptors (Lipinski definition) is 5. The van der Waals surface area contributed by atoms with Crippen LogP contribution in [0.5, 0.6) is 0 Å². The van der Waals surface area contributed by atoms with E-state index in [0.717, 1.165) is 22.3 Å². The molecule has 0 bridgehead atoms. The van der Waals surface area contributed by atoms with E-state index in [2.05, 4.69) is 22.8 Å². The Morgan fingerprint density at radius 2 is 1.57 bits per heavy atom. The highest BCUT2D eigenvalue weighted by atomic mass is 16.5. The van der Waals surface area contributed by atoms with E-state index in [1.54, 1.807) is 12.1 Å². The van der Waals surface area contributed by atoms with Crippen LogP contribution in [-0.2, 0) is 14.3 Å². The number of rotatable bonds is 8. The average Bonchev–Trinajstić information content (AvgIpc) is 3.16. The summed E-state index contributed by atoms with van der Waals surface area (Å²) in [6, 6.07) is 22.3. The molecule has 4 rings (SSSR count). The zero-order valence-electron chi connectivity index (χ0n) is 19.4. The molecule has 180 valence electrons. The van der Waals surface area contributed by atoms with Gasteiger partial charge in [-0.05, 0) is 47.4 Å². The lowest BCUT2D eigenvalue weighted by molar-refractivity contribution is -0.145. The summed E-state index contributed by atoms with van der Waals surface area (Å²) in [6.07, 6.45) is -0.654. The largest absolute Gasteiger partial charge is 0.479 e. The van der Waals surface area contributed by atoms with E-state index >= 15 is 0 Å². The number of carboxylic acid groups (broad SMARTS) is 1. The van der Waals surface area contributed by atoms with Crippen molar-refractivity contribution in [1.82, 2.24) is 5.32 Å². The van der Waals surface area contributed by atoms with Gasteiger partial charge in [0.05, 0.1) is 6.61 Å². The van der Waals surface area contributed by atoms with Gasteiger partial charge in [-0.2, -0.15) is 0 Å². The third-order valence-corrected chi connectivity index (χ3v) is 6.01. The lowest BCUT2D eigenvalue weighted by Gasteiger charge is -2.25. The Kier molecular flexibility index (Phi) is 6.84. The Morgan fingerprint density at radius 1 is 0.943 bits per heavy atom. The summed E-state index contributed by atoms with van der Waals surface area (Å²) in [6.45, 7) is 1.31. The molecule has 3 aromatic rings. The molecule has 1 aliphatic carbocycles. The van der Waals surface area contributed by atoms with E-state index in [0.29, 0.717) is 5.69 Å². The summed E-state index contributed by atoms with van der Waals surface area (Å²) in [7, 11) is 1.35. The van der Waals surface area contributed by atoms with Crippen molar-refractivity contribution < 1.29 is 29.0 Å². The van der Waals surface area contributed by atoms with Gasteiger partial charge in [0.15, 0.2) is 5.54 Å². The normalized spacial score (nSPS) is 13.8. The number of anilines is 1. The van der Waals surface area contributed by atoms with Gasteiger partial charge in [-0.25, -0.2) is 9.59 Å². The molecule has 3 aromatic carbocycles. The lowest BCUT2D eigenvalue weighted by Crippen LogP contribution is -2.55. The number of carbonyl (C=O) groups is 3. The standard InChI is InChI=1S/C27H26N2O6/c1-27(16-34-2,25(31)32)29-24(30)17-8-7-9-18(14-17)28-26(33)35-15-23-21-12-5-3-10-19(21)20-11-4-6-13-22(20)23/h3-14,23H,15-16H2,1-2H3,(H,28,33)(H,29,30)(H,31,32). The summed E-state index contributed by atoms with van der Waals surface area (Å²) >= 11 is 0. The topological polar surface area (TPSA) is 114 Å². The highest BCUT2D eigenvalue weighted by molar-refractivity contribution is 5.99. The molecule has 8 nitrogen and oxygen atoms in total. The number of aliphatic carboxylic acids is 1. The number of ether oxygens (including phenoxy) is 2. The molecule has 0 spiro atoms. The molecular formula is C27H26N2O6. The summed E-state index contributed by atoms with van der Waals surface area (Å²) in [4.78, 5) is 36.7. The highest BCUT2D eigenvalue weighted by Gasteiger charge is 2.35. The first kappa shape index (κ1) is 24.0. The second kappa shape index (κ2) is 9.99. The molecule has 0 aromatic heterocycles. The van der Waals surface area contributed by atoms with Crippen LogP contribution < -0.4 is 10.6 Å². The second-order valence-corrected chi connectivity index (χ2v) is 8.56. The fourth-order valence-electron chi connectivity index (χ4n) is 4.25. The van der Waals surface area contributed by atoms with Crippen molar-refractivity contribution in [2.75, 3.05) is 25.6 Å². The molecule has 0 aliphatic heterocycles. The fraction of sp³-hybridized carbons (Fsp3) is 0.222. The Bertz CT molecular complexity index is 1230. The molecule has 0 fully saturated rings. The number of nitrogens with one attached hydrogen (secondary N) is 2. The zero-order chi connectivity index (χ0) is 25.0. The van der Waals surface area contributed by atoms with Crippen LogP contribution in [0.1, 0.15) is 34.3 Å². The number of methoxy groups -OCH3 is 1. The zero-order valence-corrected chi connectivity index (χ0v) is 19.4. The van der Waals surface area contributed by atoms with E-state index < -0.39 is 23.5 Å².